The minimum atomic E-state index is -1.60. The lowest BCUT2D eigenvalue weighted by Crippen LogP contribution is -2.42. The molecule has 5 heteroatoms. The van der Waals surface area contributed by atoms with Crippen LogP contribution in [0.25, 0.3) is 6.08 Å². The van der Waals surface area contributed by atoms with Gasteiger partial charge in [0.25, 0.3) is 0 Å². The van der Waals surface area contributed by atoms with E-state index in [0.29, 0.717) is 5.92 Å². The first-order valence-electron chi connectivity index (χ1n) is 8.25. The summed E-state index contributed by atoms with van der Waals surface area (Å²) < 4.78 is 7.94. The lowest BCUT2D eigenvalue weighted by molar-refractivity contribution is 0.176. The minimum absolute atomic E-state index is 0.227. The maximum Gasteiger partial charge on any atom is 0.192 e. The smallest absolute Gasteiger partial charge is 0.192 e. The molecule has 0 aliphatic rings. The molecule has 2 unspecified atom stereocenters. The van der Waals surface area contributed by atoms with Gasteiger partial charge in [0.1, 0.15) is 0 Å². The Morgan fingerprint density at radius 2 is 1.95 bits per heavy atom. The molecule has 2 atom stereocenters. The number of alkyl halides is 1. The molecule has 0 aliphatic heterocycles. The molecule has 0 fully saturated rings. The normalized spacial score (nSPS) is 15.9. The Balaban J connectivity index is 3.04. The van der Waals surface area contributed by atoms with Crippen LogP contribution in [0.1, 0.15) is 45.3 Å². The lowest BCUT2D eigenvalue weighted by Gasteiger charge is -2.36. The predicted octanol–water partition coefficient (Wildman–Crippen LogP) is 6.32. The van der Waals surface area contributed by atoms with Gasteiger partial charge in [0.15, 0.2) is 8.32 Å². The largest absolute Gasteiger partial charge is 0.410 e. The van der Waals surface area contributed by atoms with Crippen molar-refractivity contribution in [1.82, 2.24) is 4.98 Å². The Hall–Kier alpha value is 0.277. The van der Waals surface area contributed by atoms with Gasteiger partial charge in [0.2, 0.25) is 0 Å². The summed E-state index contributed by atoms with van der Waals surface area (Å²) in [5.74, 6) is 0.535. The van der Waals surface area contributed by atoms with Crippen LogP contribution < -0.4 is 0 Å². The molecule has 1 heterocycles. The van der Waals surface area contributed by atoms with Gasteiger partial charge in [-0.25, -0.2) is 4.98 Å². The monoisotopic (exact) mass is 451 g/mol. The van der Waals surface area contributed by atoms with Crippen molar-refractivity contribution < 1.29 is 4.43 Å². The van der Waals surface area contributed by atoms with Gasteiger partial charge in [-0.3, -0.25) is 0 Å². The van der Waals surface area contributed by atoms with Gasteiger partial charge in [-0.05, 0) is 49.5 Å². The van der Waals surface area contributed by atoms with E-state index in [4.69, 9.17) is 4.43 Å². The third-order valence-electron chi connectivity index (χ3n) is 4.53. The van der Waals surface area contributed by atoms with E-state index >= 15 is 0 Å². The molecule has 0 aromatic carbocycles. The first kappa shape index (κ1) is 20.3. The predicted molar refractivity (Wildman–Crippen MR) is 111 cm³/mol. The maximum atomic E-state index is 6.82. The van der Waals surface area contributed by atoms with Crippen molar-refractivity contribution in [3.8, 4) is 0 Å². The number of aromatic nitrogens is 1. The van der Waals surface area contributed by atoms with E-state index in [-0.39, 0.29) is 6.10 Å². The number of aryl methyl sites for hydroxylation is 1. The van der Waals surface area contributed by atoms with E-state index in [9.17, 15) is 0 Å². The molecule has 2 nitrogen and oxygen atoms in total. The summed E-state index contributed by atoms with van der Waals surface area (Å²) >= 11 is 4.19. The molecule has 0 aliphatic carbocycles. The van der Waals surface area contributed by atoms with Crippen LogP contribution in [0.15, 0.2) is 11.0 Å². The molecule has 0 spiro atoms. The fraction of sp³-hybridized carbons (Fsp3) is 0.706. The van der Waals surface area contributed by atoms with Crippen LogP contribution in [0, 0.1) is 12.8 Å². The van der Waals surface area contributed by atoms with Gasteiger partial charge in [-0.15, -0.1) is 11.3 Å². The molecular formula is C17H30INOSSi. The van der Waals surface area contributed by atoms with Crippen LogP contribution in [0.5, 0.6) is 0 Å². The molecule has 22 heavy (non-hydrogen) atoms. The molecule has 1 rings (SSSR count). The molecule has 0 radical (unpaired) electrons. The average Bonchev–Trinajstić information content (AvgIpc) is 2.93. The summed E-state index contributed by atoms with van der Waals surface area (Å²) in [6.45, 7) is 13.5. The fourth-order valence-corrected chi connectivity index (χ4v) is 6.76. The number of rotatable bonds is 9. The maximum absolute atomic E-state index is 6.82. The first-order chi connectivity index (χ1) is 10.4. The zero-order valence-electron chi connectivity index (χ0n) is 14.8. The van der Waals surface area contributed by atoms with Gasteiger partial charge < -0.3 is 4.43 Å². The highest BCUT2D eigenvalue weighted by atomic mass is 127. The van der Waals surface area contributed by atoms with E-state index in [2.05, 4.69) is 80.6 Å². The standard InChI is InChI=1S/C17H30INOSSi/c1-7-22(8-2,9-3)20-17(14(5)11-18)13(4)10-16-12-21-15(6)19-16/h10,12,14,17H,7-9,11H2,1-6H3. The van der Waals surface area contributed by atoms with Crippen LogP contribution in [-0.4, -0.2) is 23.8 Å². The van der Waals surface area contributed by atoms with E-state index in [1.165, 1.54) is 23.7 Å². The van der Waals surface area contributed by atoms with Crippen molar-refractivity contribution >= 4 is 48.3 Å². The average molecular weight is 451 g/mol. The molecule has 0 bridgehead atoms. The van der Waals surface area contributed by atoms with Crippen molar-refractivity contribution in [2.75, 3.05) is 4.43 Å². The minimum Gasteiger partial charge on any atom is -0.410 e. The molecule has 0 saturated heterocycles. The zero-order chi connectivity index (χ0) is 16.8. The van der Waals surface area contributed by atoms with Crippen molar-refractivity contribution in [3.63, 3.8) is 0 Å². The van der Waals surface area contributed by atoms with Crippen LogP contribution in [0.4, 0.5) is 0 Å². The van der Waals surface area contributed by atoms with Gasteiger partial charge >= 0.3 is 0 Å². The molecule has 0 amide bonds. The molecule has 0 saturated carbocycles. The Labute approximate surface area is 155 Å². The van der Waals surface area contributed by atoms with Gasteiger partial charge in [-0.2, -0.15) is 0 Å². The van der Waals surface area contributed by atoms with Gasteiger partial charge in [0.05, 0.1) is 16.8 Å². The summed E-state index contributed by atoms with van der Waals surface area (Å²) in [6.07, 6.45) is 2.45. The number of nitrogens with zero attached hydrogens (tertiary/aromatic N) is 1. The van der Waals surface area contributed by atoms with Gasteiger partial charge in [-0.1, -0.05) is 50.3 Å². The van der Waals surface area contributed by atoms with Crippen LogP contribution in [0.3, 0.4) is 0 Å². The second kappa shape index (κ2) is 9.54. The molecule has 0 N–H and O–H groups in total. The first-order valence-corrected chi connectivity index (χ1v) is 13.2. The summed E-state index contributed by atoms with van der Waals surface area (Å²) in [5.41, 5.74) is 2.40. The SMILES string of the molecule is CC[Si](CC)(CC)OC(C(C)=Cc1csc(C)n1)C(C)CI. The van der Waals surface area contributed by atoms with Gasteiger partial charge in [0, 0.05) is 9.81 Å². The molecule has 126 valence electrons. The highest BCUT2D eigenvalue weighted by Gasteiger charge is 2.34. The second-order valence-corrected chi connectivity index (χ2v) is 12.8. The van der Waals surface area contributed by atoms with E-state index in [0.717, 1.165) is 15.1 Å². The summed E-state index contributed by atoms with van der Waals surface area (Å²) in [6, 6.07) is 3.61. The van der Waals surface area contributed by atoms with E-state index < -0.39 is 8.32 Å². The van der Waals surface area contributed by atoms with E-state index in [1.807, 2.05) is 0 Å². The molecule has 1 aromatic heterocycles. The third-order valence-corrected chi connectivity index (χ3v) is 11.3. The lowest BCUT2D eigenvalue weighted by atomic mass is 10.00. The quantitative estimate of drug-likeness (QED) is 0.249. The summed E-state index contributed by atoms with van der Waals surface area (Å²) in [4.78, 5) is 4.57. The van der Waals surface area contributed by atoms with Crippen molar-refractivity contribution in [2.24, 2.45) is 5.92 Å². The third kappa shape index (κ3) is 5.42. The number of halogens is 1. The van der Waals surface area contributed by atoms with Crippen molar-refractivity contribution in [1.29, 1.82) is 0 Å². The van der Waals surface area contributed by atoms with Crippen molar-refractivity contribution in [2.45, 2.75) is 65.8 Å². The number of hydrogen-bond donors (Lipinski definition) is 0. The Bertz CT molecular complexity index is 476. The zero-order valence-corrected chi connectivity index (χ0v) is 18.8. The van der Waals surface area contributed by atoms with E-state index in [1.54, 1.807) is 11.3 Å². The Morgan fingerprint density at radius 1 is 1.36 bits per heavy atom. The highest BCUT2D eigenvalue weighted by Crippen LogP contribution is 2.30. The summed E-state index contributed by atoms with van der Waals surface area (Å²) in [5, 5.41) is 3.26. The fourth-order valence-electron chi connectivity index (χ4n) is 2.77. The highest BCUT2D eigenvalue weighted by molar-refractivity contribution is 14.1. The molecular weight excluding hydrogens is 421 g/mol. The van der Waals surface area contributed by atoms with Crippen LogP contribution >= 0.6 is 33.9 Å². The van der Waals surface area contributed by atoms with Crippen LogP contribution in [0.2, 0.25) is 18.1 Å². The van der Waals surface area contributed by atoms with Crippen LogP contribution in [-0.2, 0) is 4.43 Å². The topological polar surface area (TPSA) is 22.1 Å². The Morgan fingerprint density at radius 3 is 2.36 bits per heavy atom. The number of hydrogen-bond acceptors (Lipinski definition) is 3. The molecule has 1 aromatic rings. The Kier molecular flexibility index (Phi) is 8.82. The second-order valence-electron chi connectivity index (χ2n) is 6.09. The number of thiazole rings is 1. The summed E-state index contributed by atoms with van der Waals surface area (Å²) in [7, 11) is -1.60. The van der Waals surface area contributed by atoms with Crippen molar-refractivity contribution in [3.05, 3.63) is 21.7 Å².